The summed E-state index contributed by atoms with van der Waals surface area (Å²) in [5.74, 6) is 2.80. The third-order valence-corrected chi connectivity index (χ3v) is 4.91. The molecule has 0 aliphatic carbocycles. The summed E-state index contributed by atoms with van der Waals surface area (Å²) in [7, 11) is 1.66. The Morgan fingerprint density at radius 3 is 2.93 bits per heavy atom. The van der Waals surface area contributed by atoms with Gasteiger partial charge in [-0.2, -0.15) is 0 Å². The number of carbonyl (C=O) groups is 1. The number of aromatic nitrogens is 2. The zero-order chi connectivity index (χ0) is 19.2. The average Bonchev–Trinajstić information content (AvgIpc) is 2.67. The smallest absolute Gasteiger partial charge is 0.270 e. The molecule has 0 bridgehead atoms. The summed E-state index contributed by atoms with van der Waals surface area (Å²) >= 11 is 0. The highest BCUT2D eigenvalue weighted by Crippen LogP contribution is 2.22. The van der Waals surface area contributed by atoms with Crippen LogP contribution < -0.4 is 15.0 Å². The molecular weight excluding hydrogens is 340 g/mol. The molecule has 6 heteroatoms. The fourth-order valence-electron chi connectivity index (χ4n) is 3.54. The SMILES string of the molecule is COc1ccccc1CCNC(=O)c1cc(N2CCCC(C)C2)nc(C)n1. The van der Waals surface area contributed by atoms with Crippen LogP contribution >= 0.6 is 0 Å². The van der Waals surface area contributed by atoms with E-state index in [4.69, 9.17) is 4.74 Å². The van der Waals surface area contributed by atoms with E-state index < -0.39 is 0 Å². The lowest BCUT2D eigenvalue weighted by molar-refractivity contribution is 0.0948. The molecule has 1 N–H and O–H groups in total. The number of rotatable bonds is 6. The van der Waals surface area contributed by atoms with Gasteiger partial charge >= 0.3 is 0 Å². The van der Waals surface area contributed by atoms with Gasteiger partial charge in [0.15, 0.2) is 0 Å². The first kappa shape index (κ1) is 19.1. The van der Waals surface area contributed by atoms with Crippen LogP contribution in [0.3, 0.4) is 0 Å². The van der Waals surface area contributed by atoms with Crippen molar-refractivity contribution in [2.24, 2.45) is 5.92 Å². The van der Waals surface area contributed by atoms with Crippen LogP contribution in [0.4, 0.5) is 5.82 Å². The minimum atomic E-state index is -0.165. The molecule has 0 saturated carbocycles. The number of carbonyl (C=O) groups excluding carboxylic acids is 1. The second-order valence-electron chi connectivity index (χ2n) is 7.17. The number of para-hydroxylation sites is 1. The van der Waals surface area contributed by atoms with Crippen molar-refractivity contribution in [2.45, 2.75) is 33.1 Å². The van der Waals surface area contributed by atoms with Crippen LogP contribution in [0.5, 0.6) is 5.75 Å². The van der Waals surface area contributed by atoms with E-state index in [2.05, 4.69) is 27.1 Å². The molecule has 1 aliphatic rings. The van der Waals surface area contributed by atoms with Crippen LogP contribution in [0.2, 0.25) is 0 Å². The number of hydrogen-bond acceptors (Lipinski definition) is 5. The molecule has 6 nitrogen and oxygen atoms in total. The van der Waals surface area contributed by atoms with Gasteiger partial charge in [-0.3, -0.25) is 4.79 Å². The summed E-state index contributed by atoms with van der Waals surface area (Å²) in [5.41, 5.74) is 1.50. The first-order valence-corrected chi connectivity index (χ1v) is 9.57. The number of methoxy groups -OCH3 is 1. The topological polar surface area (TPSA) is 67.3 Å². The molecule has 1 atom stereocenters. The van der Waals surface area contributed by atoms with Crippen molar-refractivity contribution in [3.8, 4) is 5.75 Å². The summed E-state index contributed by atoms with van der Waals surface area (Å²) in [4.78, 5) is 23.7. The van der Waals surface area contributed by atoms with Crippen molar-refractivity contribution in [1.29, 1.82) is 0 Å². The normalized spacial score (nSPS) is 16.9. The molecule has 27 heavy (non-hydrogen) atoms. The van der Waals surface area contributed by atoms with Gasteiger partial charge in [0.1, 0.15) is 23.1 Å². The van der Waals surface area contributed by atoms with Crippen molar-refractivity contribution in [1.82, 2.24) is 15.3 Å². The lowest BCUT2D eigenvalue weighted by Crippen LogP contribution is -2.35. The van der Waals surface area contributed by atoms with Gasteiger partial charge in [-0.05, 0) is 43.7 Å². The predicted octanol–water partition coefficient (Wildman–Crippen LogP) is 3.00. The van der Waals surface area contributed by atoms with Gasteiger partial charge in [-0.1, -0.05) is 25.1 Å². The number of nitrogens with one attached hydrogen (secondary N) is 1. The first-order valence-electron chi connectivity index (χ1n) is 9.57. The van der Waals surface area contributed by atoms with Gasteiger partial charge in [0.05, 0.1) is 7.11 Å². The highest BCUT2D eigenvalue weighted by atomic mass is 16.5. The lowest BCUT2D eigenvalue weighted by atomic mass is 10.0. The summed E-state index contributed by atoms with van der Waals surface area (Å²) in [6, 6.07) is 9.66. The Hall–Kier alpha value is -2.63. The zero-order valence-corrected chi connectivity index (χ0v) is 16.4. The molecule has 1 aliphatic heterocycles. The van der Waals surface area contributed by atoms with E-state index >= 15 is 0 Å². The minimum Gasteiger partial charge on any atom is -0.496 e. The molecule has 2 aromatic rings. The molecule has 1 saturated heterocycles. The lowest BCUT2D eigenvalue weighted by Gasteiger charge is -2.32. The van der Waals surface area contributed by atoms with Crippen LogP contribution in [-0.4, -0.2) is 42.6 Å². The maximum atomic E-state index is 12.6. The second kappa shape index (κ2) is 8.84. The maximum absolute atomic E-state index is 12.6. The monoisotopic (exact) mass is 368 g/mol. The second-order valence-corrected chi connectivity index (χ2v) is 7.17. The molecule has 0 radical (unpaired) electrons. The molecule has 1 aromatic heterocycles. The number of benzene rings is 1. The van der Waals surface area contributed by atoms with Crippen molar-refractivity contribution in [2.75, 3.05) is 31.6 Å². The third-order valence-electron chi connectivity index (χ3n) is 4.91. The molecule has 2 heterocycles. The Bertz CT molecular complexity index is 794. The quantitative estimate of drug-likeness (QED) is 0.849. The highest BCUT2D eigenvalue weighted by Gasteiger charge is 2.20. The van der Waals surface area contributed by atoms with E-state index in [1.807, 2.05) is 37.3 Å². The fourth-order valence-corrected chi connectivity index (χ4v) is 3.54. The van der Waals surface area contributed by atoms with Gasteiger partial charge in [0.2, 0.25) is 0 Å². The molecule has 144 valence electrons. The molecular formula is C21H28N4O2. The van der Waals surface area contributed by atoms with Gasteiger partial charge in [0.25, 0.3) is 5.91 Å². The largest absolute Gasteiger partial charge is 0.496 e. The first-order chi connectivity index (χ1) is 13.1. The van der Waals surface area contributed by atoms with Gasteiger partial charge < -0.3 is 15.0 Å². The summed E-state index contributed by atoms with van der Waals surface area (Å²) in [6.07, 6.45) is 3.11. The molecule has 3 rings (SSSR count). The van der Waals surface area contributed by atoms with E-state index in [-0.39, 0.29) is 5.91 Å². The summed E-state index contributed by atoms with van der Waals surface area (Å²) < 4.78 is 5.36. The van der Waals surface area contributed by atoms with Crippen LogP contribution in [0.15, 0.2) is 30.3 Å². The van der Waals surface area contributed by atoms with Crippen molar-refractivity contribution in [3.05, 3.63) is 47.4 Å². The predicted molar refractivity (Wildman–Crippen MR) is 106 cm³/mol. The molecule has 1 aromatic carbocycles. The van der Waals surface area contributed by atoms with Gasteiger partial charge in [-0.15, -0.1) is 0 Å². The minimum absolute atomic E-state index is 0.165. The third kappa shape index (κ3) is 4.96. The van der Waals surface area contributed by atoms with Crippen LogP contribution in [-0.2, 0) is 6.42 Å². The van der Waals surface area contributed by atoms with E-state index in [0.717, 1.165) is 36.6 Å². The Labute approximate surface area is 161 Å². The number of nitrogens with zero attached hydrogens (tertiary/aromatic N) is 3. The Morgan fingerprint density at radius 1 is 1.33 bits per heavy atom. The summed E-state index contributed by atoms with van der Waals surface area (Å²) in [6.45, 7) is 6.58. The number of piperidine rings is 1. The molecule has 0 spiro atoms. The van der Waals surface area contributed by atoms with Crippen LogP contribution in [0, 0.1) is 12.8 Å². The van der Waals surface area contributed by atoms with Gasteiger partial charge in [0, 0.05) is 25.7 Å². The van der Waals surface area contributed by atoms with Crippen molar-refractivity contribution < 1.29 is 9.53 Å². The van der Waals surface area contributed by atoms with Crippen LogP contribution in [0.25, 0.3) is 0 Å². The van der Waals surface area contributed by atoms with E-state index in [1.54, 1.807) is 7.11 Å². The van der Waals surface area contributed by atoms with Crippen LogP contribution in [0.1, 0.15) is 41.6 Å². The summed E-state index contributed by atoms with van der Waals surface area (Å²) in [5, 5.41) is 2.96. The van der Waals surface area contributed by atoms with Gasteiger partial charge in [-0.25, -0.2) is 9.97 Å². The highest BCUT2D eigenvalue weighted by molar-refractivity contribution is 5.93. The number of anilines is 1. The Kier molecular flexibility index (Phi) is 6.27. The van der Waals surface area contributed by atoms with Crippen molar-refractivity contribution in [3.63, 3.8) is 0 Å². The molecule has 1 amide bonds. The number of ether oxygens (including phenoxy) is 1. The molecule has 1 fully saturated rings. The molecule has 1 unspecified atom stereocenters. The van der Waals surface area contributed by atoms with E-state index in [9.17, 15) is 4.79 Å². The Morgan fingerprint density at radius 2 is 2.15 bits per heavy atom. The van der Waals surface area contributed by atoms with Crippen molar-refractivity contribution >= 4 is 11.7 Å². The zero-order valence-electron chi connectivity index (χ0n) is 16.4. The Balaban J connectivity index is 1.64. The average molecular weight is 368 g/mol. The number of amides is 1. The van der Waals surface area contributed by atoms with E-state index in [0.29, 0.717) is 30.4 Å². The fraction of sp³-hybridized carbons (Fsp3) is 0.476. The van der Waals surface area contributed by atoms with E-state index in [1.165, 1.54) is 6.42 Å². The number of aryl methyl sites for hydroxylation is 1. The maximum Gasteiger partial charge on any atom is 0.270 e. The number of hydrogen-bond donors (Lipinski definition) is 1. The standard InChI is InChI=1S/C21H28N4O2/c1-15-7-6-12-25(14-15)20-13-18(23-16(2)24-20)21(26)22-11-10-17-8-4-5-9-19(17)27-3/h4-5,8-9,13,15H,6-7,10-12,14H2,1-3H3,(H,22,26).